The molecule has 1 spiro atoms. The number of carbonyl (C=O) groups is 4. The van der Waals surface area contributed by atoms with E-state index in [0.29, 0.717) is 18.4 Å². The van der Waals surface area contributed by atoms with Gasteiger partial charge in [0, 0.05) is 5.56 Å². The lowest BCUT2D eigenvalue weighted by molar-refractivity contribution is -0.147. The van der Waals surface area contributed by atoms with Crippen molar-refractivity contribution in [2.24, 2.45) is 11.3 Å². The molecule has 1 aliphatic carbocycles. The van der Waals surface area contributed by atoms with Crippen molar-refractivity contribution in [1.82, 2.24) is 10.2 Å². The molecule has 1 aromatic carbocycles. The summed E-state index contributed by atoms with van der Waals surface area (Å²) in [5, 5.41) is 2.83. The smallest absolute Gasteiger partial charge is 0.326 e. The molecule has 0 aromatic heterocycles. The second-order valence-electron chi connectivity index (χ2n) is 9.79. The summed E-state index contributed by atoms with van der Waals surface area (Å²) in [7, 11) is 0. The van der Waals surface area contributed by atoms with Crippen molar-refractivity contribution < 1.29 is 23.9 Å². The zero-order chi connectivity index (χ0) is 22.8. The topological polar surface area (TPSA) is 92.8 Å². The van der Waals surface area contributed by atoms with Gasteiger partial charge in [0.1, 0.15) is 12.1 Å². The summed E-state index contributed by atoms with van der Waals surface area (Å²) in [5.41, 5.74) is 0.550. The Morgan fingerprint density at radius 2 is 1.84 bits per heavy atom. The molecule has 1 aliphatic heterocycles. The fourth-order valence-electron chi connectivity index (χ4n) is 5.20. The SMILES string of the molecule is CCCc1ccc(C(=O)COC(=O)CN2C(=O)N[C@@]3(C[C@H](C)CC(C)(C)C3)C2=O)cc1. The van der Waals surface area contributed by atoms with E-state index in [-0.39, 0.29) is 23.0 Å². The van der Waals surface area contributed by atoms with Crippen LogP contribution in [0.1, 0.15) is 69.3 Å². The molecule has 1 saturated heterocycles. The van der Waals surface area contributed by atoms with Crippen molar-refractivity contribution in [3.63, 3.8) is 0 Å². The van der Waals surface area contributed by atoms with Crippen molar-refractivity contribution in [2.45, 2.75) is 65.3 Å². The van der Waals surface area contributed by atoms with E-state index in [9.17, 15) is 19.2 Å². The van der Waals surface area contributed by atoms with Crippen molar-refractivity contribution in [3.8, 4) is 0 Å². The Bertz CT molecular complexity index is 876. The molecular formula is C24H32N2O5. The molecular weight excluding hydrogens is 396 g/mol. The highest BCUT2D eigenvalue weighted by molar-refractivity contribution is 6.09. The molecule has 1 heterocycles. The maximum absolute atomic E-state index is 13.1. The Morgan fingerprint density at radius 1 is 1.16 bits per heavy atom. The number of Topliss-reactive ketones (excluding diaryl/α,β-unsaturated/α-hetero) is 1. The Morgan fingerprint density at radius 3 is 2.45 bits per heavy atom. The molecule has 0 radical (unpaired) electrons. The summed E-state index contributed by atoms with van der Waals surface area (Å²) < 4.78 is 5.07. The van der Waals surface area contributed by atoms with Crippen molar-refractivity contribution in [2.75, 3.05) is 13.2 Å². The van der Waals surface area contributed by atoms with E-state index in [2.05, 4.69) is 33.0 Å². The Kier molecular flexibility index (Phi) is 6.53. The predicted molar refractivity (Wildman–Crippen MR) is 115 cm³/mol. The minimum absolute atomic E-state index is 0.0871. The number of ketones is 1. The number of nitrogens with zero attached hydrogens (tertiary/aromatic N) is 1. The number of nitrogens with one attached hydrogen (secondary N) is 1. The summed E-state index contributed by atoms with van der Waals surface area (Å²) in [6.07, 6.45) is 4.02. The normalized spacial score (nSPS) is 24.9. The summed E-state index contributed by atoms with van der Waals surface area (Å²) in [4.78, 5) is 51.0. The molecule has 1 N–H and O–H groups in total. The van der Waals surface area contributed by atoms with Crippen LogP contribution >= 0.6 is 0 Å². The van der Waals surface area contributed by atoms with Gasteiger partial charge < -0.3 is 10.1 Å². The van der Waals surface area contributed by atoms with Gasteiger partial charge in [0.25, 0.3) is 5.91 Å². The Labute approximate surface area is 183 Å². The number of hydrogen-bond donors (Lipinski definition) is 1. The number of rotatable bonds is 7. The molecule has 31 heavy (non-hydrogen) atoms. The number of carbonyl (C=O) groups excluding carboxylic acids is 4. The highest BCUT2D eigenvalue weighted by Gasteiger charge is 2.56. The third kappa shape index (κ3) is 5.14. The molecule has 7 nitrogen and oxygen atoms in total. The number of ether oxygens (including phenoxy) is 1. The first kappa shape index (κ1) is 23.0. The minimum Gasteiger partial charge on any atom is -0.456 e. The predicted octanol–water partition coefficient (Wildman–Crippen LogP) is 3.50. The van der Waals surface area contributed by atoms with Crippen LogP contribution in [0.3, 0.4) is 0 Å². The second kappa shape index (κ2) is 8.81. The number of imide groups is 1. The van der Waals surface area contributed by atoms with Crippen LogP contribution in [0, 0.1) is 11.3 Å². The Balaban J connectivity index is 1.57. The average Bonchev–Trinajstić information content (AvgIpc) is 2.88. The Hall–Kier alpha value is -2.70. The van der Waals surface area contributed by atoms with E-state index < -0.39 is 30.7 Å². The van der Waals surface area contributed by atoms with E-state index in [4.69, 9.17) is 4.74 Å². The fourth-order valence-corrected chi connectivity index (χ4v) is 5.20. The highest BCUT2D eigenvalue weighted by Crippen LogP contribution is 2.46. The van der Waals surface area contributed by atoms with E-state index >= 15 is 0 Å². The molecule has 3 amide bonds. The number of benzene rings is 1. The van der Waals surface area contributed by atoms with Gasteiger partial charge >= 0.3 is 12.0 Å². The third-order valence-electron chi connectivity index (χ3n) is 6.09. The maximum Gasteiger partial charge on any atom is 0.326 e. The molecule has 1 saturated carbocycles. The quantitative estimate of drug-likeness (QED) is 0.408. The van der Waals surface area contributed by atoms with Crippen LogP contribution in [0.2, 0.25) is 0 Å². The van der Waals surface area contributed by atoms with Crippen LogP contribution in [0.5, 0.6) is 0 Å². The van der Waals surface area contributed by atoms with E-state index in [1.54, 1.807) is 12.1 Å². The van der Waals surface area contributed by atoms with Crippen LogP contribution in [0.25, 0.3) is 0 Å². The van der Waals surface area contributed by atoms with E-state index in [1.807, 2.05) is 12.1 Å². The molecule has 2 fully saturated rings. The van der Waals surface area contributed by atoms with Gasteiger partial charge in [-0.25, -0.2) is 4.79 Å². The number of amides is 3. The lowest BCUT2D eigenvalue weighted by Crippen LogP contribution is -2.54. The molecule has 168 valence electrons. The lowest BCUT2D eigenvalue weighted by Gasteiger charge is -2.43. The zero-order valence-corrected chi connectivity index (χ0v) is 18.8. The molecule has 0 unspecified atom stereocenters. The first-order chi connectivity index (χ1) is 14.5. The van der Waals surface area contributed by atoms with E-state index in [0.717, 1.165) is 29.7 Å². The van der Waals surface area contributed by atoms with Crippen molar-refractivity contribution >= 4 is 23.7 Å². The average molecular weight is 429 g/mol. The first-order valence-electron chi connectivity index (χ1n) is 11.0. The van der Waals surface area contributed by atoms with Crippen LogP contribution in [-0.2, 0) is 20.7 Å². The molecule has 3 rings (SSSR count). The zero-order valence-electron chi connectivity index (χ0n) is 18.8. The van der Waals surface area contributed by atoms with Crippen LogP contribution in [0.15, 0.2) is 24.3 Å². The number of aryl methyl sites for hydroxylation is 1. The molecule has 2 atom stereocenters. The van der Waals surface area contributed by atoms with Gasteiger partial charge in [0.05, 0.1) is 0 Å². The van der Waals surface area contributed by atoms with Gasteiger partial charge in [-0.2, -0.15) is 0 Å². The van der Waals surface area contributed by atoms with Crippen LogP contribution in [0.4, 0.5) is 4.79 Å². The lowest BCUT2D eigenvalue weighted by atomic mass is 9.64. The second-order valence-corrected chi connectivity index (χ2v) is 9.79. The van der Waals surface area contributed by atoms with Crippen LogP contribution in [-0.4, -0.2) is 47.3 Å². The maximum atomic E-state index is 13.1. The molecule has 7 heteroatoms. The standard InChI is InChI=1S/C24H32N2O5/c1-5-6-17-7-9-18(10-8-17)19(27)14-31-20(28)13-26-21(29)24(25-22(26)30)12-16(2)11-23(3,4)15-24/h7-10,16H,5-6,11-15H2,1-4H3,(H,25,30)/t16-,24-/m1/s1. The third-order valence-corrected chi connectivity index (χ3v) is 6.09. The van der Waals surface area contributed by atoms with Crippen LogP contribution < -0.4 is 5.32 Å². The monoisotopic (exact) mass is 428 g/mol. The van der Waals surface area contributed by atoms with Gasteiger partial charge in [0.15, 0.2) is 12.4 Å². The van der Waals surface area contributed by atoms with Crippen molar-refractivity contribution in [1.29, 1.82) is 0 Å². The minimum atomic E-state index is -0.964. The van der Waals surface area contributed by atoms with E-state index in [1.165, 1.54) is 0 Å². The van der Waals surface area contributed by atoms with Gasteiger partial charge in [-0.15, -0.1) is 0 Å². The van der Waals surface area contributed by atoms with Crippen molar-refractivity contribution in [3.05, 3.63) is 35.4 Å². The molecule has 1 aromatic rings. The molecule has 0 bridgehead atoms. The summed E-state index contributed by atoms with van der Waals surface area (Å²) in [6.45, 7) is 7.40. The molecule has 2 aliphatic rings. The summed E-state index contributed by atoms with van der Waals surface area (Å²) in [6, 6.07) is 6.63. The summed E-state index contributed by atoms with van der Waals surface area (Å²) in [5.74, 6) is -1.21. The van der Waals surface area contributed by atoms with Gasteiger partial charge in [-0.3, -0.25) is 19.3 Å². The van der Waals surface area contributed by atoms with Gasteiger partial charge in [-0.05, 0) is 42.6 Å². The number of urea groups is 1. The first-order valence-corrected chi connectivity index (χ1v) is 11.0. The number of hydrogen-bond acceptors (Lipinski definition) is 5. The fraction of sp³-hybridized carbons (Fsp3) is 0.583. The summed E-state index contributed by atoms with van der Waals surface area (Å²) >= 11 is 0. The van der Waals surface area contributed by atoms with Gasteiger partial charge in [-0.1, -0.05) is 58.4 Å². The van der Waals surface area contributed by atoms with Gasteiger partial charge in [0.2, 0.25) is 0 Å². The highest BCUT2D eigenvalue weighted by atomic mass is 16.5. The number of esters is 1. The largest absolute Gasteiger partial charge is 0.456 e.